The molecule has 110 valence electrons. The number of nitrogens with two attached hydrogens (primary N) is 1. The van der Waals surface area contributed by atoms with E-state index in [0.29, 0.717) is 6.42 Å². The van der Waals surface area contributed by atoms with Crippen LogP contribution in [0.4, 0.5) is 13.2 Å². The molecule has 0 fully saturated rings. The largest absolute Gasteiger partial charge is 0.411 e. The zero-order valence-electron chi connectivity index (χ0n) is 11.0. The predicted molar refractivity (Wildman–Crippen MR) is 69.3 cm³/mol. The molecule has 2 rings (SSSR count). The third-order valence-electron chi connectivity index (χ3n) is 2.89. The number of rotatable bonds is 5. The molecule has 2 N–H and O–H groups in total. The van der Waals surface area contributed by atoms with Crippen LogP contribution in [-0.2, 0) is 18.2 Å². The molecule has 0 spiro atoms. The van der Waals surface area contributed by atoms with E-state index in [-0.39, 0.29) is 6.61 Å². The summed E-state index contributed by atoms with van der Waals surface area (Å²) in [5.41, 5.74) is 7.53. The van der Waals surface area contributed by atoms with Gasteiger partial charge < -0.3 is 10.5 Å². The molecule has 4 nitrogen and oxygen atoms in total. The lowest BCUT2D eigenvalue weighted by Crippen LogP contribution is -2.31. The number of aromatic nitrogens is 2. The van der Waals surface area contributed by atoms with Crippen molar-refractivity contribution >= 4 is 10.9 Å². The summed E-state index contributed by atoms with van der Waals surface area (Å²) in [6, 6.07) is 7.12. The number of para-hydroxylation sites is 1. The molecule has 20 heavy (non-hydrogen) atoms. The number of nitrogens with zero attached hydrogens (tertiary/aromatic N) is 2. The number of alkyl halides is 3. The molecule has 0 aliphatic heterocycles. The Morgan fingerprint density at radius 1 is 1.35 bits per heavy atom. The summed E-state index contributed by atoms with van der Waals surface area (Å²) in [4.78, 5) is 0. The summed E-state index contributed by atoms with van der Waals surface area (Å²) in [5.74, 6) is 0. The van der Waals surface area contributed by atoms with Gasteiger partial charge in [0.15, 0.2) is 0 Å². The molecule has 1 aromatic heterocycles. The molecule has 0 aliphatic carbocycles. The molecular weight excluding hydrogens is 271 g/mol. The number of ether oxygens (including phenoxy) is 1. The van der Waals surface area contributed by atoms with Gasteiger partial charge in [0.1, 0.15) is 6.61 Å². The lowest BCUT2D eigenvalue weighted by atomic mass is 10.1. The minimum absolute atomic E-state index is 0.148. The number of hydrogen-bond donors (Lipinski definition) is 1. The summed E-state index contributed by atoms with van der Waals surface area (Å²) >= 11 is 0. The van der Waals surface area contributed by atoms with E-state index in [1.165, 1.54) is 0 Å². The maximum atomic E-state index is 12.0. The van der Waals surface area contributed by atoms with Gasteiger partial charge in [-0.1, -0.05) is 18.2 Å². The van der Waals surface area contributed by atoms with E-state index >= 15 is 0 Å². The van der Waals surface area contributed by atoms with Gasteiger partial charge in [-0.3, -0.25) is 4.68 Å². The van der Waals surface area contributed by atoms with Gasteiger partial charge in [0.2, 0.25) is 0 Å². The summed E-state index contributed by atoms with van der Waals surface area (Å²) < 4.78 is 42.2. The van der Waals surface area contributed by atoms with Gasteiger partial charge in [-0.2, -0.15) is 18.3 Å². The molecule has 1 heterocycles. The summed E-state index contributed by atoms with van der Waals surface area (Å²) in [6.45, 7) is -1.42. The molecule has 1 atom stereocenters. The van der Waals surface area contributed by atoms with Gasteiger partial charge in [0, 0.05) is 24.9 Å². The van der Waals surface area contributed by atoms with E-state index in [0.717, 1.165) is 16.6 Å². The van der Waals surface area contributed by atoms with Gasteiger partial charge in [0.05, 0.1) is 17.8 Å². The fourth-order valence-corrected chi connectivity index (χ4v) is 2.07. The quantitative estimate of drug-likeness (QED) is 0.915. The number of halogens is 3. The van der Waals surface area contributed by atoms with E-state index in [1.54, 1.807) is 4.68 Å². The Bertz CT molecular complexity index is 580. The summed E-state index contributed by atoms with van der Waals surface area (Å²) in [5, 5.41) is 5.30. The third kappa shape index (κ3) is 3.71. The van der Waals surface area contributed by atoms with Crippen molar-refractivity contribution in [2.45, 2.75) is 18.6 Å². The summed E-state index contributed by atoms with van der Waals surface area (Å²) in [6.07, 6.45) is -3.95. The average molecular weight is 287 g/mol. The van der Waals surface area contributed by atoms with Crippen molar-refractivity contribution in [1.82, 2.24) is 9.78 Å². The molecule has 1 unspecified atom stereocenters. The first-order valence-corrected chi connectivity index (χ1v) is 6.17. The Balaban J connectivity index is 1.98. The van der Waals surface area contributed by atoms with Gasteiger partial charge in [-0.05, 0) is 6.07 Å². The van der Waals surface area contributed by atoms with Crippen LogP contribution in [0.15, 0.2) is 24.3 Å². The minimum Gasteiger partial charge on any atom is -0.370 e. The van der Waals surface area contributed by atoms with Gasteiger partial charge >= 0.3 is 6.18 Å². The van der Waals surface area contributed by atoms with Gasteiger partial charge in [-0.25, -0.2) is 0 Å². The van der Waals surface area contributed by atoms with Crippen molar-refractivity contribution in [3.8, 4) is 0 Å². The molecule has 2 aromatic rings. The molecule has 0 radical (unpaired) electrons. The lowest BCUT2D eigenvalue weighted by molar-refractivity contribution is -0.174. The van der Waals surface area contributed by atoms with Crippen molar-refractivity contribution in [2.75, 3.05) is 13.2 Å². The maximum Gasteiger partial charge on any atom is 0.411 e. The predicted octanol–water partition coefficient (Wildman–Crippen LogP) is 2.02. The third-order valence-corrected chi connectivity index (χ3v) is 2.89. The molecular formula is C13H16F3N3O. The van der Waals surface area contributed by atoms with Crippen LogP contribution in [-0.4, -0.2) is 35.2 Å². The van der Waals surface area contributed by atoms with Crippen molar-refractivity contribution in [3.05, 3.63) is 30.0 Å². The Kier molecular flexibility index (Phi) is 4.29. The van der Waals surface area contributed by atoms with Crippen LogP contribution < -0.4 is 5.73 Å². The molecule has 0 saturated carbocycles. The fourth-order valence-electron chi connectivity index (χ4n) is 2.07. The van der Waals surface area contributed by atoms with Crippen LogP contribution in [0.1, 0.15) is 5.69 Å². The van der Waals surface area contributed by atoms with E-state index in [9.17, 15) is 13.2 Å². The van der Waals surface area contributed by atoms with E-state index in [2.05, 4.69) is 9.84 Å². The number of fused-ring (bicyclic) bond motifs is 1. The minimum atomic E-state index is -4.32. The van der Waals surface area contributed by atoms with Crippen LogP contribution >= 0.6 is 0 Å². The highest BCUT2D eigenvalue weighted by molar-refractivity contribution is 5.81. The second kappa shape index (κ2) is 5.80. The van der Waals surface area contributed by atoms with Crippen molar-refractivity contribution in [3.63, 3.8) is 0 Å². The van der Waals surface area contributed by atoms with Crippen LogP contribution in [0.5, 0.6) is 0 Å². The standard InChI is InChI=1S/C13H16F3N3O/c1-19-12-5-3-2-4-10(12)11(18-19)6-9(17)7-20-8-13(14,15)16/h2-5,9H,6-8,17H2,1H3. The van der Waals surface area contributed by atoms with Gasteiger partial charge in [0.25, 0.3) is 0 Å². The Labute approximate surface area is 114 Å². The Hall–Kier alpha value is -1.60. The smallest absolute Gasteiger partial charge is 0.370 e. The number of aryl methyl sites for hydroxylation is 1. The first kappa shape index (κ1) is 14.8. The highest BCUT2D eigenvalue weighted by Crippen LogP contribution is 2.19. The van der Waals surface area contributed by atoms with E-state index in [1.807, 2.05) is 31.3 Å². The highest BCUT2D eigenvalue weighted by atomic mass is 19.4. The van der Waals surface area contributed by atoms with Crippen molar-refractivity contribution in [1.29, 1.82) is 0 Å². The molecule has 7 heteroatoms. The fraction of sp³-hybridized carbons (Fsp3) is 0.462. The van der Waals surface area contributed by atoms with Crippen molar-refractivity contribution in [2.24, 2.45) is 12.8 Å². The Morgan fingerprint density at radius 2 is 2.05 bits per heavy atom. The summed E-state index contributed by atoms with van der Waals surface area (Å²) in [7, 11) is 1.82. The zero-order valence-corrected chi connectivity index (χ0v) is 11.0. The average Bonchev–Trinajstić information content (AvgIpc) is 2.65. The number of hydrogen-bond acceptors (Lipinski definition) is 3. The highest BCUT2D eigenvalue weighted by Gasteiger charge is 2.27. The molecule has 0 saturated heterocycles. The monoisotopic (exact) mass is 287 g/mol. The molecule has 1 aromatic carbocycles. The Morgan fingerprint density at radius 3 is 2.75 bits per heavy atom. The van der Waals surface area contributed by atoms with Crippen LogP contribution in [0, 0.1) is 0 Å². The lowest BCUT2D eigenvalue weighted by Gasteiger charge is -2.12. The molecule has 0 bridgehead atoms. The van der Waals surface area contributed by atoms with Crippen LogP contribution in [0.3, 0.4) is 0 Å². The first-order chi connectivity index (χ1) is 9.37. The van der Waals surface area contributed by atoms with Crippen molar-refractivity contribution < 1.29 is 17.9 Å². The molecule has 0 amide bonds. The van der Waals surface area contributed by atoms with E-state index in [4.69, 9.17) is 5.73 Å². The number of benzene rings is 1. The SMILES string of the molecule is Cn1nc(CC(N)COCC(F)(F)F)c2ccccc21. The van der Waals surface area contributed by atoms with Crippen LogP contribution in [0.2, 0.25) is 0 Å². The second-order valence-corrected chi connectivity index (χ2v) is 4.68. The first-order valence-electron chi connectivity index (χ1n) is 6.17. The van der Waals surface area contributed by atoms with Crippen LogP contribution in [0.25, 0.3) is 10.9 Å². The molecule has 0 aliphatic rings. The maximum absolute atomic E-state index is 12.0. The van der Waals surface area contributed by atoms with E-state index < -0.39 is 18.8 Å². The topological polar surface area (TPSA) is 53.1 Å². The normalized spacial score (nSPS) is 13.8. The van der Waals surface area contributed by atoms with Gasteiger partial charge in [-0.15, -0.1) is 0 Å². The second-order valence-electron chi connectivity index (χ2n) is 4.68. The zero-order chi connectivity index (χ0) is 14.8.